The van der Waals surface area contributed by atoms with Crippen molar-refractivity contribution in [2.24, 2.45) is 5.73 Å². The molecular formula is C15H23N2. The van der Waals surface area contributed by atoms with E-state index in [-0.39, 0.29) is 0 Å². The lowest BCUT2D eigenvalue weighted by molar-refractivity contribution is 0.231. The first-order chi connectivity index (χ1) is 8.38. The van der Waals surface area contributed by atoms with Crippen LogP contribution in [-0.2, 0) is 6.54 Å². The summed E-state index contributed by atoms with van der Waals surface area (Å²) in [7, 11) is 0. The van der Waals surface area contributed by atoms with E-state index in [1.807, 2.05) is 0 Å². The first-order valence-electron chi connectivity index (χ1n) is 6.73. The van der Waals surface area contributed by atoms with Gasteiger partial charge in [0.05, 0.1) is 0 Å². The Kier molecular flexibility index (Phi) is 5.02. The van der Waals surface area contributed by atoms with Gasteiger partial charge in [-0.1, -0.05) is 30.7 Å². The molecule has 2 nitrogen and oxygen atoms in total. The molecule has 1 aromatic carbocycles. The SMILES string of the molecule is NCc1cccc([CH]CCN2CCCCC2)c1. The van der Waals surface area contributed by atoms with E-state index in [0.29, 0.717) is 6.54 Å². The van der Waals surface area contributed by atoms with E-state index in [0.717, 1.165) is 6.42 Å². The van der Waals surface area contributed by atoms with Gasteiger partial charge in [0.1, 0.15) is 0 Å². The largest absolute Gasteiger partial charge is 0.326 e. The summed E-state index contributed by atoms with van der Waals surface area (Å²) < 4.78 is 0. The summed E-state index contributed by atoms with van der Waals surface area (Å²) in [6.07, 6.45) is 7.64. The van der Waals surface area contributed by atoms with Crippen LogP contribution in [0.4, 0.5) is 0 Å². The average molecular weight is 231 g/mol. The van der Waals surface area contributed by atoms with E-state index >= 15 is 0 Å². The minimum absolute atomic E-state index is 0.633. The van der Waals surface area contributed by atoms with Crippen molar-refractivity contribution < 1.29 is 0 Å². The third-order valence-electron chi connectivity index (χ3n) is 3.46. The fourth-order valence-electron chi connectivity index (χ4n) is 2.44. The lowest BCUT2D eigenvalue weighted by atomic mass is 10.1. The minimum atomic E-state index is 0.633. The van der Waals surface area contributed by atoms with Crippen LogP contribution in [0.15, 0.2) is 24.3 Å². The number of piperidine rings is 1. The van der Waals surface area contributed by atoms with Gasteiger partial charge in [-0.2, -0.15) is 0 Å². The Labute approximate surface area is 105 Å². The summed E-state index contributed by atoms with van der Waals surface area (Å²) >= 11 is 0. The summed E-state index contributed by atoms with van der Waals surface area (Å²) in [5.74, 6) is 0. The van der Waals surface area contributed by atoms with E-state index < -0.39 is 0 Å². The maximum atomic E-state index is 5.64. The highest BCUT2D eigenvalue weighted by Gasteiger charge is 2.09. The lowest BCUT2D eigenvalue weighted by Crippen LogP contribution is -2.30. The lowest BCUT2D eigenvalue weighted by Gasteiger charge is -2.26. The maximum absolute atomic E-state index is 5.64. The number of nitrogens with two attached hydrogens (primary N) is 1. The van der Waals surface area contributed by atoms with E-state index in [9.17, 15) is 0 Å². The molecule has 0 saturated carbocycles. The fraction of sp³-hybridized carbons (Fsp3) is 0.533. The molecule has 93 valence electrons. The molecule has 1 radical (unpaired) electrons. The van der Waals surface area contributed by atoms with Gasteiger partial charge in [-0.15, -0.1) is 0 Å². The topological polar surface area (TPSA) is 29.3 Å². The second-order valence-corrected chi connectivity index (χ2v) is 4.84. The summed E-state index contributed by atoms with van der Waals surface area (Å²) in [6.45, 7) is 4.41. The fourth-order valence-corrected chi connectivity index (χ4v) is 2.44. The molecule has 1 heterocycles. The van der Waals surface area contributed by atoms with Gasteiger partial charge in [0.15, 0.2) is 0 Å². The predicted molar refractivity (Wildman–Crippen MR) is 72.6 cm³/mol. The highest BCUT2D eigenvalue weighted by atomic mass is 15.1. The van der Waals surface area contributed by atoms with Crippen LogP contribution in [-0.4, -0.2) is 24.5 Å². The van der Waals surface area contributed by atoms with Gasteiger partial charge in [0, 0.05) is 6.54 Å². The summed E-state index contributed by atoms with van der Waals surface area (Å²) in [6, 6.07) is 8.53. The summed E-state index contributed by atoms with van der Waals surface area (Å²) in [5.41, 5.74) is 8.17. The zero-order valence-corrected chi connectivity index (χ0v) is 10.6. The van der Waals surface area contributed by atoms with Crippen LogP contribution in [0.3, 0.4) is 0 Å². The van der Waals surface area contributed by atoms with Gasteiger partial charge >= 0.3 is 0 Å². The van der Waals surface area contributed by atoms with E-state index in [4.69, 9.17) is 5.73 Å². The normalized spacial score (nSPS) is 17.2. The van der Waals surface area contributed by atoms with Crippen LogP contribution in [0.1, 0.15) is 36.8 Å². The summed E-state index contributed by atoms with van der Waals surface area (Å²) in [4.78, 5) is 2.58. The molecule has 2 heteroatoms. The molecule has 1 aromatic rings. The molecule has 0 spiro atoms. The molecule has 1 aliphatic rings. The number of benzene rings is 1. The molecule has 0 atom stereocenters. The second kappa shape index (κ2) is 6.77. The molecule has 1 saturated heterocycles. The molecular weight excluding hydrogens is 208 g/mol. The zero-order valence-electron chi connectivity index (χ0n) is 10.6. The second-order valence-electron chi connectivity index (χ2n) is 4.84. The van der Waals surface area contributed by atoms with Gasteiger partial charge < -0.3 is 10.6 Å². The van der Waals surface area contributed by atoms with Crippen LogP contribution in [0.5, 0.6) is 0 Å². The minimum Gasteiger partial charge on any atom is -0.326 e. The van der Waals surface area contributed by atoms with Gasteiger partial charge in [0.25, 0.3) is 0 Å². The summed E-state index contributed by atoms with van der Waals surface area (Å²) in [5, 5.41) is 0. The number of hydrogen-bond acceptors (Lipinski definition) is 2. The first-order valence-corrected chi connectivity index (χ1v) is 6.73. The van der Waals surface area contributed by atoms with E-state index in [1.54, 1.807) is 0 Å². The molecule has 2 N–H and O–H groups in total. The van der Waals surface area contributed by atoms with Crippen molar-refractivity contribution in [1.82, 2.24) is 4.90 Å². The molecule has 0 aromatic heterocycles. The predicted octanol–water partition coefficient (Wildman–Crippen LogP) is 2.57. The average Bonchev–Trinajstić information content (AvgIpc) is 2.40. The highest BCUT2D eigenvalue weighted by molar-refractivity contribution is 5.28. The zero-order chi connectivity index (χ0) is 11.9. The third kappa shape index (κ3) is 4.14. The first kappa shape index (κ1) is 12.6. The Hall–Kier alpha value is -0.860. The van der Waals surface area contributed by atoms with Crippen LogP contribution < -0.4 is 5.73 Å². The van der Waals surface area contributed by atoms with Crippen molar-refractivity contribution in [3.63, 3.8) is 0 Å². The molecule has 0 unspecified atom stereocenters. The van der Waals surface area contributed by atoms with Crippen molar-refractivity contribution in [2.75, 3.05) is 19.6 Å². The van der Waals surface area contributed by atoms with Crippen molar-refractivity contribution in [2.45, 2.75) is 32.2 Å². The Morgan fingerprint density at radius 1 is 1.18 bits per heavy atom. The Morgan fingerprint density at radius 2 is 2.00 bits per heavy atom. The number of nitrogens with zero attached hydrogens (tertiary/aromatic N) is 1. The van der Waals surface area contributed by atoms with Crippen LogP contribution in [0.2, 0.25) is 0 Å². The molecule has 17 heavy (non-hydrogen) atoms. The van der Waals surface area contributed by atoms with Crippen LogP contribution in [0.25, 0.3) is 0 Å². The molecule has 1 aliphatic heterocycles. The number of likely N-dealkylation sites (tertiary alicyclic amines) is 1. The van der Waals surface area contributed by atoms with Crippen LogP contribution >= 0.6 is 0 Å². The number of hydrogen-bond donors (Lipinski definition) is 1. The molecule has 2 rings (SSSR count). The maximum Gasteiger partial charge on any atom is 0.0178 e. The standard InChI is InChI=1S/C15H23N2/c16-13-15-7-4-6-14(12-15)8-5-11-17-9-2-1-3-10-17/h4,6-8,12H,1-3,5,9-11,13,16H2. The van der Waals surface area contributed by atoms with Crippen LogP contribution in [0, 0.1) is 6.42 Å². The molecule has 0 aliphatic carbocycles. The van der Waals surface area contributed by atoms with Gasteiger partial charge in [0.2, 0.25) is 0 Å². The van der Waals surface area contributed by atoms with Gasteiger partial charge in [-0.3, -0.25) is 0 Å². The van der Waals surface area contributed by atoms with Crippen molar-refractivity contribution in [3.8, 4) is 0 Å². The Morgan fingerprint density at radius 3 is 2.76 bits per heavy atom. The van der Waals surface area contributed by atoms with Crippen molar-refractivity contribution in [3.05, 3.63) is 41.8 Å². The van der Waals surface area contributed by atoms with Gasteiger partial charge in [-0.05, 0) is 56.4 Å². The molecule has 0 bridgehead atoms. The van der Waals surface area contributed by atoms with Crippen molar-refractivity contribution in [1.29, 1.82) is 0 Å². The van der Waals surface area contributed by atoms with Gasteiger partial charge in [-0.25, -0.2) is 0 Å². The van der Waals surface area contributed by atoms with E-state index in [2.05, 4.69) is 35.6 Å². The smallest absolute Gasteiger partial charge is 0.0178 e. The third-order valence-corrected chi connectivity index (χ3v) is 3.46. The van der Waals surface area contributed by atoms with Crippen molar-refractivity contribution >= 4 is 0 Å². The Bertz CT molecular complexity index is 329. The molecule has 0 amide bonds. The number of rotatable bonds is 5. The van der Waals surface area contributed by atoms with E-state index in [1.165, 1.54) is 50.0 Å². The quantitative estimate of drug-likeness (QED) is 0.844. The monoisotopic (exact) mass is 231 g/mol. The Balaban J connectivity index is 1.73. The highest BCUT2D eigenvalue weighted by Crippen LogP contribution is 2.12. The molecule has 1 fully saturated rings.